The van der Waals surface area contributed by atoms with Crippen molar-refractivity contribution < 1.29 is 9.32 Å². The van der Waals surface area contributed by atoms with Crippen LogP contribution in [0.15, 0.2) is 21.3 Å². The molecule has 3 rings (SSSR count). The van der Waals surface area contributed by atoms with Crippen molar-refractivity contribution in [1.29, 1.82) is 0 Å². The van der Waals surface area contributed by atoms with E-state index in [1.807, 2.05) is 28.7 Å². The fraction of sp³-hybridized carbons (Fsp3) is 0.562. The highest BCUT2D eigenvalue weighted by Gasteiger charge is 2.24. The summed E-state index contributed by atoms with van der Waals surface area (Å²) >= 11 is 1.59. The zero-order valence-corrected chi connectivity index (χ0v) is 15.3. The minimum atomic E-state index is 0. The third-order valence-electron chi connectivity index (χ3n) is 4.44. The summed E-state index contributed by atoms with van der Waals surface area (Å²) in [7, 11) is 0. The molecule has 1 aliphatic rings. The number of likely N-dealkylation sites (tertiary alicyclic amines) is 1. The second kappa shape index (κ2) is 8.60. The number of aryl methyl sites for hydroxylation is 1. The smallest absolute Gasteiger partial charge is 0.227 e. The minimum absolute atomic E-state index is 0. The van der Waals surface area contributed by atoms with E-state index in [-0.39, 0.29) is 24.4 Å². The fourth-order valence-corrected chi connectivity index (χ4v) is 3.55. The van der Waals surface area contributed by atoms with Crippen molar-refractivity contribution in [3.8, 4) is 11.4 Å². The molecule has 2 aromatic heterocycles. The van der Waals surface area contributed by atoms with Gasteiger partial charge in [0.1, 0.15) is 0 Å². The predicted octanol–water partition coefficient (Wildman–Crippen LogP) is 2.74. The summed E-state index contributed by atoms with van der Waals surface area (Å²) in [5.41, 5.74) is 6.89. The molecule has 0 aromatic carbocycles. The Hall–Kier alpha value is -1.44. The lowest BCUT2D eigenvalue weighted by atomic mass is 9.91. The Kier molecular flexibility index (Phi) is 6.77. The first kappa shape index (κ1) is 18.9. The Morgan fingerprint density at radius 2 is 2.25 bits per heavy atom. The Labute approximate surface area is 151 Å². The summed E-state index contributed by atoms with van der Waals surface area (Å²) in [6, 6.07) is 2.16. The lowest BCUT2D eigenvalue weighted by molar-refractivity contribution is -0.132. The monoisotopic (exact) mass is 370 g/mol. The molecule has 1 saturated heterocycles. The summed E-state index contributed by atoms with van der Waals surface area (Å²) in [6.07, 6.45) is 2.88. The van der Waals surface area contributed by atoms with Crippen molar-refractivity contribution in [2.75, 3.05) is 13.1 Å². The third-order valence-corrected chi connectivity index (χ3v) is 5.12. The second-order valence-electron chi connectivity index (χ2n) is 6.10. The molecule has 132 valence electrons. The number of nitrogens with two attached hydrogens (primary N) is 1. The first-order valence-electron chi connectivity index (χ1n) is 8.02. The van der Waals surface area contributed by atoms with Crippen LogP contribution in [-0.4, -0.2) is 40.1 Å². The molecule has 1 fully saturated rings. The van der Waals surface area contributed by atoms with Crippen LogP contribution in [0.2, 0.25) is 0 Å². The largest absolute Gasteiger partial charge is 0.343 e. The van der Waals surface area contributed by atoms with Crippen molar-refractivity contribution in [1.82, 2.24) is 15.0 Å². The van der Waals surface area contributed by atoms with E-state index >= 15 is 0 Å². The quantitative estimate of drug-likeness (QED) is 0.874. The summed E-state index contributed by atoms with van der Waals surface area (Å²) < 4.78 is 5.23. The van der Waals surface area contributed by atoms with Gasteiger partial charge in [-0.3, -0.25) is 4.79 Å². The molecule has 0 saturated carbocycles. The number of carbonyl (C=O) groups excluding carboxylic acids is 1. The van der Waals surface area contributed by atoms with Gasteiger partial charge in [0, 0.05) is 42.9 Å². The van der Waals surface area contributed by atoms with Crippen LogP contribution in [0.5, 0.6) is 0 Å². The standard InChI is InChI=1S/C16H22N4O2S.ClH/c1-11(17)12-4-7-20(8-5-12)15(21)3-2-14-18-16(19-22-14)13-6-9-23-10-13;/h6,9-12H,2-5,7-8,17H2,1H3;1H. The number of amides is 1. The van der Waals surface area contributed by atoms with Crippen molar-refractivity contribution >= 4 is 29.7 Å². The Morgan fingerprint density at radius 3 is 2.88 bits per heavy atom. The van der Waals surface area contributed by atoms with E-state index in [1.165, 1.54) is 0 Å². The molecule has 0 bridgehead atoms. The molecule has 1 atom stereocenters. The zero-order valence-electron chi connectivity index (χ0n) is 13.7. The maximum absolute atomic E-state index is 12.3. The van der Waals surface area contributed by atoms with Gasteiger partial charge in [-0.05, 0) is 37.1 Å². The van der Waals surface area contributed by atoms with E-state index in [0.717, 1.165) is 31.5 Å². The van der Waals surface area contributed by atoms with Gasteiger partial charge in [-0.1, -0.05) is 5.16 Å². The zero-order chi connectivity index (χ0) is 16.2. The number of halogens is 1. The molecule has 24 heavy (non-hydrogen) atoms. The van der Waals surface area contributed by atoms with E-state index in [1.54, 1.807) is 11.3 Å². The summed E-state index contributed by atoms with van der Waals surface area (Å²) in [5, 5.41) is 7.91. The van der Waals surface area contributed by atoms with Crippen molar-refractivity contribution in [3.63, 3.8) is 0 Å². The minimum Gasteiger partial charge on any atom is -0.343 e. The van der Waals surface area contributed by atoms with Crippen LogP contribution in [0, 0.1) is 5.92 Å². The number of thiophene rings is 1. The van der Waals surface area contributed by atoms with Crippen LogP contribution in [-0.2, 0) is 11.2 Å². The van der Waals surface area contributed by atoms with Gasteiger partial charge in [-0.25, -0.2) is 0 Å². The lowest BCUT2D eigenvalue weighted by Crippen LogP contribution is -2.42. The van der Waals surface area contributed by atoms with Gasteiger partial charge in [0.05, 0.1) is 0 Å². The molecule has 8 heteroatoms. The van der Waals surface area contributed by atoms with Gasteiger partial charge >= 0.3 is 0 Å². The summed E-state index contributed by atoms with van der Waals surface area (Å²) in [5.74, 6) is 1.79. The average molecular weight is 371 g/mol. The summed E-state index contributed by atoms with van der Waals surface area (Å²) in [4.78, 5) is 18.6. The molecule has 0 aliphatic carbocycles. The maximum atomic E-state index is 12.3. The predicted molar refractivity (Wildman–Crippen MR) is 96.1 cm³/mol. The van der Waals surface area contributed by atoms with Gasteiger partial charge in [-0.15, -0.1) is 12.4 Å². The molecule has 2 aromatic rings. The van der Waals surface area contributed by atoms with Gasteiger partial charge in [0.25, 0.3) is 0 Å². The number of rotatable bonds is 5. The molecule has 0 spiro atoms. The van der Waals surface area contributed by atoms with E-state index in [0.29, 0.717) is 30.5 Å². The number of aromatic nitrogens is 2. The highest BCUT2D eigenvalue weighted by atomic mass is 35.5. The lowest BCUT2D eigenvalue weighted by Gasteiger charge is -2.33. The molecule has 1 aliphatic heterocycles. The number of nitrogens with zero attached hydrogens (tertiary/aromatic N) is 3. The average Bonchev–Trinajstić information content (AvgIpc) is 3.23. The SMILES string of the molecule is CC(N)C1CCN(C(=O)CCc2nc(-c3ccsc3)no2)CC1.Cl. The van der Waals surface area contributed by atoms with E-state index in [4.69, 9.17) is 10.3 Å². The Balaban J connectivity index is 0.00000208. The van der Waals surface area contributed by atoms with E-state index in [9.17, 15) is 4.79 Å². The topological polar surface area (TPSA) is 85.2 Å². The van der Waals surface area contributed by atoms with Gasteiger partial charge in [0.2, 0.25) is 17.6 Å². The molecule has 6 nitrogen and oxygen atoms in total. The van der Waals surface area contributed by atoms with Crippen LogP contribution in [0.1, 0.15) is 32.1 Å². The first-order chi connectivity index (χ1) is 11.1. The van der Waals surface area contributed by atoms with Crippen LogP contribution in [0.3, 0.4) is 0 Å². The highest BCUT2D eigenvalue weighted by Crippen LogP contribution is 2.21. The molecule has 2 N–H and O–H groups in total. The molecular formula is C16H23ClN4O2S. The number of hydrogen-bond donors (Lipinski definition) is 1. The third kappa shape index (κ3) is 4.55. The van der Waals surface area contributed by atoms with Crippen molar-refractivity contribution in [3.05, 3.63) is 22.7 Å². The number of hydrogen-bond acceptors (Lipinski definition) is 6. The van der Waals surface area contributed by atoms with Gasteiger partial charge in [0.15, 0.2) is 0 Å². The Bertz CT molecular complexity index is 636. The first-order valence-corrected chi connectivity index (χ1v) is 8.96. The molecular weight excluding hydrogens is 348 g/mol. The van der Waals surface area contributed by atoms with E-state index < -0.39 is 0 Å². The molecule has 3 heterocycles. The van der Waals surface area contributed by atoms with Crippen LogP contribution < -0.4 is 5.73 Å². The van der Waals surface area contributed by atoms with Crippen molar-refractivity contribution in [2.45, 2.75) is 38.6 Å². The van der Waals surface area contributed by atoms with Crippen LogP contribution in [0.4, 0.5) is 0 Å². The molecule has 0 radical (unpaired) electrons. The van der Waals surface area contributed by atoms with Gasteiger partial charge < -0.3 is 15.2 Å². The van der Waals surface area contributed by atoms with Gasteiger partial charge in [-0.2, -0.15) is 16.3 Å². The summed E-state index contributed by atoms with van der Waals surface area (Å²) in [6.45, 7) is 3.65. The highest BCUT2D eigenvalue weighted by molar-refractivity contribution is 7.08. The number of carbonyl (C=O) groups is 1. The molecule has 1 unspecified atom stereocenters. The van der Waals surface area contributed by atoms with Crippen LogP contribution >= 0.6 is 23.7 Å². The number of piperidine rings is 1. The normalized spacial score (nSPS) is 16.7. The van der Waals surface area contributed by atoms with E-state index in [2.05, 4.69) is 10.1 Å². The van der Waals surface area contributed by atoms with Crippen molar-refractivity contribution in [2.24, 2.45) is 11.7 Å². The maximum Gasteiger partial charge on any atom is 0.227 e. The molecule has 1 amide bonds. The fourth-order valence-electron chi connectivity index (χ4n) is 2.91. The second-order valence-corrected chi connectivity index (χ2v) is 6.88. The van der Waals surface area contributed by atoms with Crippen LogP contribution in [0.25, 0.3) is 11.4 Å². The Morgan fingerprint density at radius 1 is 1.50 bits per heavy atom.